The van der Waals surface area contributed by atoms with Gasteiger partial charge in [0.2, 0.25) is 0 Å². The summed E-state index contributed by atoms with van der Waals surface area (Å²) in [5.41, 5.74) is 6.67. The minimum Gasteiger partial charge on any atom is -0.469 e. The molecule has 116 valence electrons. The largest absolute Gasteiger partial charge is 0.469 e. The first-order chi connectivity index (χ1) is 10.5. The van der Waals surface area contributed by atoms with Gasteiger partial charge in [0.1, 0.15) is 5.82 Å². The normalized spacial score (nSPS) is 10.3. The fraction of sp³-hybridized carbons (Fsp3) is 0.214. The van der Waals surface area contributed by atoms with Gasteiger partial charge in [0.25, 0.3) is 0 Å². The summed E-state index contributed by atoms with van der Waals surface area (Å²) in [6.07, 6.45) is 2.85. The molecule has 2 aromatic heterocycles. The number of esters is 1. The predicted molar refractivity (Wildman–Crippen MR) is 83.6 cm³/mol. The molecule has 0 unspecified atom stereocenters. The molecule has 0 aliphatic carbocycles. The number of carbonyl (C=O) groups excluding carboxylic acids is 1. The summed E-state index contributed by atoms with van der Waals surface area (Å²) in [7, 11) is 1.25. The van der Waals surface area contributed by atoms with Crippen LogP contribution >= 0.6 is 15.9 Å². The molecule has 0 aromatic carbocycles. The van der Waals surface area contributed by atoms with Gasteiger partial charge in [-0.15, -0.1) is 0 Å². The quantitative estimate of drug-likeness (QED) is 0.786. The summed E-state index contributed by atoms with van der Waals surface area (Å²) >= 11 is 3.30. The Kier molecular flexibility index (Phi) is 5.26. The lowest BCUT2D eigenvalue weighted by molar-refractivity contribution is -0.139. The number of nitrogens with one attached hydrogen (secondary N) is 1. The van der Waals surface area contributed by atoms with Crippen molar-refractivity contribution in [2.75, 3.05) is 18.2 Å². The second-order valence-electron chi connectivity index (χ2n) is 4.44. The Balaban J connectivity index is 2.14. The molecule has 0 atom stereocenters. The maximum Gasteiger partial charge on any atom is 0.310 e. The second kappa shape index (κ2) is 7.17. The molecule has 0 bridgehead atoms. The Labute approximate surface area is 135 Å². The minimum atomic E-state index is -0.588. The molecule has 2 aromatic rings. The van der Waals surface area contributed by atoms with E-state index in [4.69, 9.17) is 5.73 Å². The molecule has 0 amide bonds. The number of aromatic nitrogens is 2. The zero-order chi connectivity index (χ0) is 16.1. The molecule has 3 N–H and O–H groups in total. The van der Waals surface area contributed by atoms with Crippen molar-refractivity contribution in [1.29, 1.82) is 0 Å². The van der Waals surface area contributed by atoms with E-state index in [1.807, 2.05) is 0 Å². The Hall–Kier alpha value is -2.22. The fourth-order valence-corrected chi connectivity index (χ4v) is 2.16. The van der Waals surface area contributed by atoms with Gasteiger partial charge in [-0.2, -0.15) is 0 Å². The number of pyridine rings is 2. The Bertz CT molecular complexity index is 697. The molecule has 0 spiro atoms. The van der Waals surface area contributed by atoms with E-state index in [-0.39, 0.29) is 24.3 Å². The van der Waals surface area contributed by atoms with Gasteiger partial charge in [-0.1, -0.05) is 0 Å². The van der Waals surface area contributed by atoms with Crippen molar-refractivity contribution in [3.05, 3.63) is 45.9 Å². The Morgan fingerprint density at radius 1 is 1.45 bits per heavy atom. The maximum atomic E-state index is 14.3. The number of ether oxygens (including phenoxy) is 1. The van der Waals surface area contributed by atoms with Crippen LogP contribution in [0.2, 0.25) is 0 Å². The molecule has 22 heavy (non-hydrogen) atoms. The van der Waals surface area contributed by atoms with E-state index in [0.29, 0.717) is 11.4 Å². The smallest absolute Gasteiger partial charge is 0.310 e. The maximum absolute atomic E-state index is 14.3. The summed E-state index contributed by atoms with van der Waals surface area (Å²) in [5.74, 6) is -0.714. The number of nitrogens with two attached hydrogens (primary N) is 1. The molecule has 0 radical (unpaired) electrons. The third-order valence-electron chi connectivity index (χ3n) is 2.95. The molecule has 0 saturated carbocycles. The van der Waals surface area contributed by atoms with Crippen LogP contribution in [0.15, 0.2) is 29.0 Å². The SMILES string of the molecule is COC(=O)Cc1ccnc(NCc2cc(Br)cnc2N)c1F. The van der Waals surface area contributed by atoms with E-state index in [9.17, 15) is 9.18 Å². The fourth-order valence-electron chi connectivity index (χ4n) is 1.78. The number of carbonyl (C=O) groups is 1. The average Bonchev–Trinajstić information content (AvgIpc) is 2.51. The van der Waals surface area contributed by atoms with Crippen LogP contribution in [0.4, 0.5) is 16.0 Å². The highest BCUT2D eigenvalue weighted by atomic mass is 79.9. The number of nitrogen functional groups attached to an aromatic ring is 1. The predicted octanol–water partition coefficient (Wildman–Crippen LogP) is 2.29. The standard InChI is InChI=1S/C14H14BrFN4O2/c1-22-11(21)5-8-2-3-18-14(12(8)16)20-6-9-4-10(15)7-19-13(9)17/h2-4,7H,5-6H2,1H3,(H2,17,19)(H,18,20). The molecular formula is C14H14BrFN4O2. The van der Waals surface area contributed by atoms with E-state index >= 15 is 0 Å². The van der Waals surface area contributed by atoms with Gasteiger partial charge < -0.3 is 15.8 Å². The van der Waals surface area contributed by atoms with Gasteiger partial charge in [0, 0.05) is 34.5 Å². The molecule has 0 fully saturated rings. The highest BCUT2D eigenvalue weighted by Gasteiger charge is 2.13. The monoisotopic (exact) mass is 368 g/mol. The molecule has 2 heterocycles. The van der Waals surface area contributed by atoms with Crippen LogP contribution in [0.1, 0.15) is 11.1 Å². The van der Waals surface area contributed by atoms with E-state index in [2.05, 4.69) is 36.0 Å². The van der Waals surface area contributed by atoms with Gasteiger partial charge >= 0.3 is 5.97 Å². The van der Waals surface area contributed by atoms with E-state index in [0.717, 1.165) is 4.47 Å². The number of nitrogens with zero attached hydrogens (tertiary/aromatic N) is 2. The summed E-state index contributed by atoms with van der Waals surface area (Å²) in [4.78, 5) is 19.2. The highest BCUT2D eigenvalue weighted by Crippen LogP contribution is 2.19. The first-order valence-corrected chi connectivity index (χ1v) is 7.14. The van der Waals surface area contributed by atoms with E-state index in [1.54, 1.807) is 12.3 Å². The third-order valence-corrected chi connectivity index (χ3v) is 3.38. The van der Waals surface area contributed by atoms with Crippen molar-refractivity contribution in [1.82, 2.24) is 9.97 Å². The average molecular weight is 369 g/mol. The number of anilines is 2. The second-order valence-corrected chi connectivity index (χ2v) is 5.35. The molecule has 0 aliphatic heterocycles. The van der Waals surface area contributed by atoms with Crippen LogP contribution < -0.4 is 11.1 Å². The van der Waals surface area contributed by atoms with Crippen LogP contribution in [-0.2, 0) is 22.5 Å². The summed E-state index contributed by atoms with van der Waals surface area (Å²) in [6.45, 7) is 0.254. The lowest BCUT2D eigenvalue weighted by Crippen LogP contribution is -2.10. The number of halogens is 2. The van der Waals surface area contributed by atoms with Crippen LogP contribution in [-0.4, -0.2) is 23.0 Å². The summed E-state index contributed by atoms with van der Waals surface area (Å²) < 4.78 is 19.6. The van der Waals surface area contributed by atoms with Crippen molar-refractivity contribution in [3.8, 4) is 0 Å². The van der Waals surface area contributed by atoms with Gasteiger partial charge in [0.15, 0.2) is 11.6 Å². The number of rotatable bonds is 5. The molecular weight excluding hydrogens is 355 g/mol. The lowest BCUT2D eigenvalue weighted by atomic mass is 10.2. The molecule has 8 heteroatoms. The number of hydrogen-bond acceptors (Lipinski definition) is 6. The van der Waals surface area contributed by atoms with Crippen LogP contribution in [0.3, 0.4) is 0 Å². The first-order valence-electron chi connectivity index (χ1n) is 6.35. The minimum absolute atomic E-state index is 0.0424. The Morgan fingerprint density at radius 3 is 2.95 bits per heavy atom. The molecule has 2 rings (SSSR count). The van der Waals surface area contributed by atoms with Gasteiger partial charge in [0.05, 0.1) is 13.5 Å². The van der Waals surface area contributed by atoms with E-state index in [1.165, 1.54) is 19.4 Å². The number of hydrogen-bond donors (Lipinski definition) is 2. The van der Waals surface area contributed by atoms with E-state index < -0.39 is 11.8 Å². The van der Waals surface area contributed by atoms with Gasteiger partial charge in [-0.05, 0) is 28.1 Å². The first kappa shape index (κ1) is 16.2. The lowest BCUT2D eigenvalue weighted by Gasteiger charge is -2.10. The molecule has 0 aliphatic rings. The summed E-state index contributed by atoms with van der Waals surface area (Å²) in [6, 6.07) is 3.22. The number of methoxy groups -OCH3 is 1. The van der Waals surface area contributed by atoms with Crippen LogP contribution in [0.5, 0.6) is 0 Å². The van der Waals surface area contributed by atoms with Crippen LogP contribution in [0.25, 0.3) is 0 Å². The molecule has 0 saturated heterocycles. The summed E-state index contributed by atoms with van der Waals surface area (Å²) in [5, 5.41) is 2.85. The zero-order valence-electron chi connectivity index (χ0n) is 11.8. The van der Waals surface area contributed by atoms with Gasteiger partial charge in [-0.25, -0.2) is 14.4 Å². The zero-order valence-corrected chi connectivity index (χ0v) is 13.4. The van der Waals surface area contributed by atoms with Crippen LogP contribution in [0, 0.1) is 5.82 Å². The van der Waals surface area contributed by atoms with Crippen molar-refractivity contribution in [3.63, 3.8) is 0 Å². The highest BCUT2D eigenvalue weighted by molar-refractivity contribution is 9.10. The molecule has 6 nitrogen and oxygen atoms in total. The van der Waals surface area contributed by atoms with Crippen molar-refractivity contribution in [2.24, 2.45) is 0 Å². The third kappa shape index (κ3) is 3.91. The Morgan fingerprint density at radius 2 is 2.23 bits per heavy atom. The van der Waals surface area contributed by atoms with Crippen molar-refractivity contribution < 1.29 is 13.9 Å². The van der Waals surface area contributed by atoms with Gasteiger partial charge in [-0.3, -0.25) is 4.79 Å². The van der Waals surface area contributed by atoms with Crippen molar-refractivity contribution >= 4 is 33.5 Å². The topological polar surface area (TPSA) is 90.1 Å². The van der Waals surface area contributed by atoms with Crippen molar-refractivity contribution in [2.45, 2.75) is 13.0 Å².